The van der Waals surface area contributed by atoms with Gasteiger partial charge >= 0.3 is 5.97 Å². The van der Waals surface area contributed by atoms with Gasteiger partial charge in [-0.1, -0.05) is 18.6 Å². The van der Waals surface area contributed by atoms with E-state index in [9.17, 15) is 18.8 Å². The second-order valence-corrected chi connectivity index (χ2v) is 8.48. The van der Waals surface area contributed by atoms with E-state index in [1.807, 2.05) is 11.0 Å². The Labute approximate surface area is 177 Å². The predicted molar refractivity (Wildman–Crippen MR) is 110 cm³/mol. The molecule has 0 bridgehead atoms. The molecule has 2 amide bonds. The first kappa shape index (κ1) is 22.2. The first-order valence-electron chi connectivity index (χ1n) is 10.8. The molecule has 2 atom stereocenters. The molecule has 1 N–H and O–H groups in total. The Kier molecular flexibility index (Phi) is 7.45. The zero-order valence-electron chi connectivity index (χ0n) is 17.8. The van der Waals surface area contributed by atoms with E-state index >= 15 is 0 Å². The van der Waals surface area contributed by atoms with Crippen molar-refractivity contribution >= 4 is 17.8 Å². The molecule has 1 aliphatic carbocycles. The van der Waals surface area contributed by atoms with Gasteiger partial charge in [0.05, 0.1) is 13.0 Å². The molecule has 0 spiro atoms. The Morgan fingerprint density at radius 1 is 1.10 bits per heavy atom. The van der Waals surface area contributed by atoms with Crippen LogP contribution in [0.2, 0.25) is 0 Å². The van der Waals surface area contributed by atoms with Gasteiger partial charge in [0.1, 0.15) is 5.82 Å². The van der Waals surface area contributed by atoms with Crippen molar-refractivity contribution in [1.29, 1.82) is 0 Å². The molecule has 0 aromatic heterocycles. The highest BCUT2D eigenvalue weighted by molar-refractivity contribution is 5.82. The van der Waals surface area contributed by atoms with E-state index in [-0.39, 0.29) is 41.4 Å². The molecule has 2 fully saturated rings. The van der Waals surface area contributed by atoms with Crippen LogP contribution in [0.3, 0.4) is 0 Å². The zero-order valence-corrected chi connectivity index (χ0v) is 17.8. The highest BCUT2D eigenvalue weighted by Crippen LogP contribution is 2.32. The van der Waals surface area contributed by atoms with Crippen LogP contribution in [0.1, 0.15) is 49.7 Å². The number of esters is 1. The number of amides is 2. The summed E-state index contributed by atoms with van der Waals surface area (Å²) in [6.45, 7) is 3.10. The van der Waals surface area contributed by atoms with E-state index < -0.39 is 0 Å². The zero-order chi connectivity index (χ0) is 21.7. The monoisotopic (exact) mass is 418 g/mol. The number of carbonyl (C=O) groups is 3. The maximum atomic E-state index is 13.6. The summed E-state index contributed by atoms with van der Waals surface area (Å²) in [4.78, 5) is 39.0. The molecule has 1 saturated heterocycles. The van der Waals surface area contributed by atoms with Crippen molar-refractivity contribution in [2.24, 2.45) is 17.8 Å². The summed E-state index contributed by atoms with van der Waals surface area (Å²) < 4.78 is 18.5. The molecular weight excluding hydrogens is 387 g/mol. The molecule has 3 rings (SSSR count). The first-order chi connectivity index (χ1) is 14.4. The number of carbonyl (C=O) groups excluding carboxylic acids is 3. The SMILES string of the molecule is COC(=O)[C@H]1CCC[C@H](C(=O)N2CCC(C(=O)NCc3ccc(C)c(F)c3)CC2)C1. The lowest BCUT2D eigenvalue weighted by Crippen LogP contribution is -2.46. The van der Waals surface area contributed by atoms with Crippen molar-refractivity contribution in [3.8, 4) is 0 Å². The fraction of sp³-hybridized carbons (Fsp3) is 0.609. The van der Waals surface area contributed by atoms with Crippen LogP contribution in [0.25, 0.3) is 0 Å². The summed E-state index contributed by atoms with van der Waals surface area (Å²) in [6.07, 6.45) is 4.23. The number of benzene rings is 1. The van der Waals surface area contributed by atoms with Crippen molar-refractivity contribution in [2.75, 3.05) is 20.2 Å². The Balaban J connectivity index is 1.45. The molecule has 7 heteroatoms. The van der Waals surface area contributed by atoms with Crippen LogP contribution in [-0.2, 0) is 25.7 Å². The third-order valence-electron chi connectivity index (χ3n) is 6.44. The Hall–Kier alpha value is -2.44. The van der Waals surface area contributed by atoms with Crippen LogP contribution in [0.15, 0.2) is 18.2 Å². The lowest BCUT2D eigenvalue weighted by molar-refractivity contribution is -0.149. The third kappa shape index (κ3) is 5.37. The minimum Gasteiger partial charge on any atom is -0.469 e. The topological polar surface area (TPSA) is 75.7 Å². The first-order valence-corrected chi connectivity index (χ1v) is 10.8. The highest BCUT2D eigenvalue weighted by atomic mass is 19.1. The number of nitrogens with one attached hydrogen (secondary N) is 1. The number of nitrogens with zero attached hydrogens (tertiary/aromatic N) is 1. The molecule has 1 aliphatic heterocycles. The summed E-state index contributed by atoms with van der Waals surface area (Å²) in [7, 11) is 1.39. The van der Waals surface area contributed by atoms with Crippen LogP contribution >= 0.6 is 0 Å². The van der Waals surface area contributed by atoms with Crippen molar-refractivity contribution in [3.05, 3.63) is 35.1 Å². The van der Waals surface area contributed by atoms with Gasteiger partial charge in [-0.25, -0.2) is 4.39 Å². The van der Waals surface area contributed by atoms with Crippen LogP contribution in [-0.4, -0.2) is 42.9 Å². The van der Waals surface area contributed by atoms with Crippen molar-refractivity contribution < 1.29 is 23.5 Å². The average Bonchev–Trinajstić information content (AvgIpc) is 2.78. The van der Waals surface area contributed by atoms with Gasteiger partial charge in [0.15, 0.2) is 0 Å². The van der Waals surface area contributed by atoms with Gasteiger partial charge in [0.2, 0.25) is 11.8 Å². The van der Waals surface area contributed by atoms with Crippen molar-refractivity contribution in [3.63, 3.8) is 0 Å². The highest BCUT2D eigenvalue weighted by Gasteiger charge is 2.35. The van der Waals surface area contributed by atoms with Crippen LogP contribution in [0.4, 0.5) is 4.39 Å². The molecule has 0 unspecified atom stereocenters. The average molecular weight is 419 g/mol. The summed E-state index contributed by atoms with van der Waals surface area (Å²) >= 11 is 0. The molecule has 164 valence electrons. The smallest absolute Gasteiger partial charge is 0.308 e. The van der Waals surface area contributed by atoms with Crippen LogP contribution < -0.4 is 5.32 Å². The Morgan fingerprint density at radius 3 is 2.47 bits per heavy atom. The summed E-state index contributed by atoms with van der Waals surface area (Å²) in [5.41, 5.74) is 1.31. The summed E-state index contributed by atoms with van der Waals surface area (Å²) in [6, 6.07) is 4.96. The summed E-state index contributed by atoms with van der Waals surface area (Å²) in [5, 5.41) is 2.89. The second kappa shape index (κ2) is 10.0. The van der Waals surface area contributed by atoms with E-state index in [4.69, 9.17) is 4.74 Å². The molecule has 0 radical (unpaired) electrons. The normalized spacial score (nSPS) is 22.4. The lowest BCUT2D eigenvalue weighted by Gasteiger charge is -2.35. The number of piperidine rings is 1. The number of halogens is 1. The summed E-state index contributed by atoms with van der Waals surface area (Å²) in [5.74, 6) is -0.915. The molecule has 30 heavy (non-hydrogen) atoms. The van der Waals surface area contributed by atoms with Crippen LogP contribution in [0.5, 0.6) is 0 Å². The number of hydrogen-bond acceptors (Lipinski definition) is 4. The number of rotatable bonds is 5. The maximum absolute atomic E-state index is 13.6. The number of ether oxygens (including phenoxy) is 1. The lowest BCUT2D eigenvalue weighted by atomic mass is 9.80. The fourth-order valence-corrected chi connectivity index (χ4v) is 4.49. The number of hydrogen-bond donors (Lipinski definition) is 1. The largest absolute Gasteiger partial charge is 0.469 e. The third-order valence-corrected chi connectivity index (χ3v) is 6.44. The molecule has 1 saturated carbocycles. The molecule has 1 aromatic carbocycles. The van der Waals surface area contributed by atoms with E-state index in [0.717, 1.165) is 24.8 Å². The van der Waals surface area contributed by atoms with Crippen molar-refractivity contribution in [2.45, 2.75) is 52.0 Å². The van der Waals surface area contributed by atoms with E-state index in [0.29, 0.717) is 44.5 Å². The Bertz CT molecular complexity index is 789. The molecule has 6 nitrogen and oxygen atoms in total. The number of methoxy groups -OCH3 is 1. The minimum atomic E-state index is -0.272. The van der Waals surface area contributed by atoms with Gasteiger partial charge in [-0.2, -0.15) is 0 Å². The van der Waals surface area contributed by atoms with Crippen molar-refractivity contribution in [1.82, 2.24) is 10.2 Å². The number of aryl methyl sites for hydroxylation is 1. The maximum Gasteiger partial charge on any atom is 0.308 e. The quantitative estimate of drug-likeness (QED) is 0.746. The van der Waals surface area contributed by atoms with Gasteiger partial charge in [-0.3, -0.25) is 14.4 Å². The standard InChI is InChI=1S/C23H31FN2O4/c1-15-6-7-16(12-20(15)24)14-25-21(27)17-8-10-26(11-9-17)22(28)18-4-3-5-19(13-18)23(29)30-2/h6-7,12,17-19H,3-5,8-11,13-14H2,1-2H3,(H,25,27)/t18-,19-/m0/s1. The Morgan fingerprint density at radius 2 is 1.80 bits per heavy atom. The van der Waals surface area contributed by atoms with Gasteiger partial charge in [-0.05, 0) is 56.2 Å². The predicted octanol–water partition coefficient (Wildman–Crippen LogP) is 2.97. The molecule has 2 aliphatic rings. The van der Waals surface area contributed by atoms with Gasteiger partial charge in [0, 0.05) is 31.5 Å². The van der Waals surface area contributed by atoms with Crippen LogP contribution in [0, 0.1) is 30.5 Å². The van der Waals surface area contributed by atoms with Gasteiger partial charge in [0.25, 0.3) is 0 Å². The molecule has 1 heterocycles. The number of likely N-dealkylation sites (tertiary alicyclic amines) is 1. The fourth-order valence-electron chi connectivity index (χ4n) is 4.49. The molecular formula is C23H31FN2O4. The second-order valence-electron chi connectivity index (χ2n) is 8.48. The van der Waals surface area contributed by atoms with E-state index in [1.54, 1.807) is 13.0 Å². The minimum absolute atomic E-state index is 0.0495. The molecule has 1 aromatic rings. The van der Waals surface area contributed by atoms with Gasteiger partial charge < -0.3 is 15.0 Å². The van der Waals surface area contributed by atoms with E-state index in [1.165, 1.54) is 13.2 Å². The van der Waals surface area contributed by atoms with Gasteiger partial charge in [-0.15, -0.1) is 0 Å². The van der Waals surface area contributed by atoms with E-state index in [2.05, 4.69) is 5.32 Å².